The molecule has 0 unspecified atom stereocenters. The summed E-state index contributed by atoms with van der Waals surface area (Å²) in [5, 5.41) is 8.68. The maximum Gasteiger partial charge on any atom is 0.248 e. The third-order valence-corrected chi connectivity index (χ3v) is 2.87. The number of nitrogens with zero attached hydrogens (tertiary/aromatic N) is 1. The Morgan fingerprint density at radius 1 is 1.33 bits per heavy atom. The van der Waals surface area contributed by atoms with Crippen LogP contribution < -0.4 is 0 Å². The van der Waals surface area contributed by atoms with Crippen molar-refractivity contribution in [2.75, 3.05) is 32.9 Å². The van der Waals surface area contributed by atoms with Crippen molar-refractivity contribution in [1.29, 1.82) is 0 Å². The Balaban J connectivity index is 2.23. The Morgan fingerprint density at radius 3 is 2.44 bits per heavy atom. The van der Waals surface area contributed by atoms with Crippen LogP contribution in [0.15, 0.2) is 0 Å². The number of aliphatic hydroxyl groups is 1. The molecule has 0 saturated carbocycles. The molecule has 0 aromatic heterocycles. The van der Waals surface area contributed by atoms with E-state index in [9.17, 15) is 4.79 Å². The van der Waals surface area contributed by atoms with Gasteiger partial charge < -0.3 is 19.5 Å². The molecule has 0 radical (unpaired) electrons. The van der Waals surface area contributed by atoms with E-state index in [2.05, 4.69) is 0 Å². The van der Waals surface area contributed by atoms with Crippen LogP contribution in [0.4, 0.5) is 0 Å². The first kappa shape index (κ1) is 15.4. The zero-order valence-electron chi connectivity index (χ0n) is 11.6. The van der Waals surface area contributed by atoms with E-state index >= 15 is 0 Å². The molecule has 1 fully saturated rings. The molecular formula is C13H25NO4. The second kappa shape index (κ2) is 7.07. The van der Waals surface area contributed by atoms with E-state index < -0.39 is 0 Å². The molecule has 0 aliphatic carbocycles. The van der Waals surface area contributed by atoms with Crippen LogP contribution in [0.3, 0.4) is 0 Å². The molecule has 0 atom stereocenters. The van der Waals surface area contributed by atoms with Crippen molar-refractivity contribution in [3.8, 4) is 0 Å². The third-order valence-electron chi connectivity index (χ3n) is 2.87. The second-order valence-corrected chi connectivity index (χ2v) is 5.58. The number of amides is 1. The van der Waals surface area contributed by atoms with Crippen LogP contribution in [-0.4, -0.2) is 60.5 Å². The number of carbonyl (C=O) groups excluding carboxylic acids is 1. The van der Waals surface area contributed by atoms with Gasteiger partial charge in [-0.1, -0.05) is 0 Å². The predicted octanol–water partition coefficient (Wildman–Crippen LogP) is 0.801. The van der Waals surface area contributed by atoms with E-state index in [1.165, 1.54) is 0 Å². The molecule has 1 aliphatic heterocycles. The molecule has 106 valence electrons. The number of rotatable bonds is 5. The van der Waals surface area contributed by atoms with Crippen LogP contribution in [-0.2, 0) is 14.3 Å². The van der Waals surface area contributed by atoms with Gasteiger partial charge in [0.2, 0.25) is 5.91 Å². The number of aliphatic hydroxyl groups excluding tert-OH is 1. The fourth-order valence-electron chi connectivity index (χ4n) is 1.86. The summed E-state index contributed by atoms with van der Waals surface area (Å²) >= 11 is 0. The highest BCUT2D eigenvalue weighted by Gasteiger charge is 2.24. The highest BCUT2D eigenvalue weighted by Crippen LogP contribution is 2.14. The first-order valence-corrected chi connectivity index (χ1v) is 6.56. The summed E-state index contributed by atoms with van der Waals surface area (Å²) in [6, 6.07) is 0. The lowest BCUT2D eigenvalue weighted by atomic mass is 10.1. The van der Waals surface area contributed by atoms with Gasteiger partial charge in [0.05, 0.1) is 24.9 Å². The summed E-state index contributed by atoms with van der Waals surface area (Å²) in [5.74, 6) is 0.0468. The Hall–Kier alpha value is -0.650. The summed E-state index contributed by atoms with van der Waals surface area (Å²) in [5.41, 5.74) is -0.280. The lowest BCUT2D eigenvalue weighted by Gasteiger charge is -2.32. The monoisotopic (exact) mass is 259 g/mol. The van der Waals surface area contributed by atoms with Gasteiger partial charge in [-0.05, 0) is 33.6 Å². The van der Waals surface area contributed by atoms with E-state index in [1.807, 2.05) is 25.7 Å². The van der Waals surface area contributed by atoms with E-state index in [1.54, 1.807) is 0 Å². The van der Waals surface area contributed by atoms with Crippen molar-refractivity contribution in [3.63, 3.8) is 0 Å². The fourth-order valence-corrected chi connectivity index (χ4v) is 1.86. The Morgan fingerprint density at radius 2 is 1.94 bits per heavy atom. The Labute approximate surface area is 109 Å². The second-order valence-electron chi connectivity index (χ2n) is 5.58. The Bertz CT molecular complexity index is 254. The smallest absolute Gasteiger partial charge is 0.248 e. The minimum Gasteiger partial charge on any atom is -0.394 e. The largest absolute Gasteiger partial charge is 0.394 e. The van der Waals surface area contributed by atoms with Crippen molar-refractivity contribution < 1.29 is 19.4 Å². The highest BCUT2D eigenvalue weighted by molar-refractivity contribution is 5.77. The highest BCUT2D eigenvalue weighted by atomic mass is 16.5. The number of carbonyl (C=O) groups is 1. The quantitative estimate of drug-likeness (QED) is 0.793. The molecule has 18 heavy (non-hydrogen) atoms. The van der Waals surface area contributed by atoms with Crippen molar-refractivity contribution in [3.05, 3.63) is 0 Å². The van der Waals surface area contributed by atoms with E-state index in [4.69, 9.17) is 14.6 Å². The molecule has 0 aromatic carbocycles. The summed E-state index contributed by atoms with van der Waals surface area (Å²) in [6.07, 6.45) is 1.84. The van der Waals surface area contributed by atoms with Crippen molar-refractivity contribution in [2.45, 2.75) is 45.3 Å². The fraction of sp³-hybridized carbons (Fsp3) is 0.923. The molecule has 1 saturated heterocycles. The number of ether oxygens (including phenoxy) is 2. The standard InChI is InChI=1S/C13H25NO4/c1-13(2,3)18-10-12(16)14-6-4-11(5-7-14)17-9-8-15/h11,15H,4-10H2,1-3H3. The molecule has 1 rings (SSSR count). The van der Waals surface area contributed by atoms with Crippen molar-refractivity contribution in [2.24, 2.45) is 0 Å². The van der Waals surface area contributed by atoms with Crippen LogP contribution >= 0.6 is 0 Å². The van der Waals surface area contributed by atoms with Gasteiger partial charge in [-0.25, -0.2) is 0 Å². The average Bonchev–Trinajstić information content (AvgIpc) is 2.33. The summed E-state index contributed by atoms with van der Waals surface area (Å²) in [7, 11) is 0. The van der Waals surface area contributed by atoms with Crippen LogP contribution in [0, 0.1) is 0 Å². The normalized spacial score (nSPS) is 18.1. The minimum atomic E-state index is -0.280. The van der Waals surface area contributed by atoms with Gasteiger partial charge in [-0.15, -0.1) is 0 Å². The Kier molecular flexibility index (Phi) is 6.05. The first-order valence-electron chi connectivity index (χ1n) is 6.56. The van der Waals surface area contributed by atoms with E-state index in [-0.39, 0.29) is 30.8 Å². The average molecular weight is 259 g/mol. The topological polar surface area (TPSA) is 59.0 Å². The molecule has 1 amide bonds. The van der Waals surface area contributed by atoms with Gasteiger partial charge in [0.25, 0.3) is 0 Å². The van der Waals surface area contributed by atoms with Gasteiger partial charge in [0, 0.05) is 13.1 Å². The summed E-state index contributed by atoms with van der Waals surface area (Å²) in [6.45, 7) is 7.82. The molecule has 1 aliphatic rings. The van der Waals surface area contributed by atoms with Crippen LogP contribution in [0.25, 0.3) is 0 Å². The maximum atomic E-state index is 11.9. The minimum absolute atomic E-state index is 0.0468. The van der Waals surface area contributed by atoms with E-state index in [0.717, 1.165) is 12.8 Å². The van der Waals surface area contributed by atoms with Gasteiger partial charge in [-0.2, -0.15) is 0 Å². The van der Waals surface area contributed by atoms with Crippen LogP contribution in [0.2, 0.25) is 0 Å². The molecule has 1 heterocycles. The first-order chi connectivity index (χ1) is 8.42. The summed E-state index contributed by atoms with van der Waals surface area (Å²) < 4.78 is 10.9. The number of hydrogen-bond acceptors (Lipinski definition) is 4. The van der Waals surface area contributed by atoms with Crippen molar-refractivity contribution >= 4 is 5.91 Å². The van der Waals surface area contributed by atoms with E-state index in [0.29, 0.717) is 19.7 Å². The van der Waals surface area contributed by atoms with Crippen molar-refractivity contribution in [1.82, 2.24) is 4.90 Å². The van der Waals surface area contributed by atoms with Gasteiger partial charge >= 0.3 is 0 Å². The van der Waals surface area contributed by atoms with Gasteiger partial charge in [0.1, 0.15) is 6.61 Å². The van der Waals surface area contributed by atoms with Gasteiger partial charge in [-0.3, -0.25) is 4.79 Å². The zero-order valence-corrected chi connectivity index (χ0v) is 11.6. The van der Waals surface area contributed by atoms with Gasteiger partial charge in [0.15, 0.2) is 0 Å². The maximum absolute atomic E-state index is 11.9. The predicted molar refractivity (Wildman–Crippen MR) is 68.3 cm³/mol. The lowest BCUT2D eigenvalue weighted by Crippen LogP contribution is -2.43. The molecule has 5 heteroatoms. The SMILES string of the molecule is CC(C)(C)OCC(=O)N1CCC(OCCO)CC1. The zero-order chi connectivity index (χ0) is 13.6. The molecule has 0 aromatic rings. The van der Waals surface area contributed by atoms with Crippen LogP contribution in [0.5, 0.6) is 0 Å². The number of hydrogen-bond donors (Lipinski definition) is 1. The number of likely N-dealkylation sites (tertiary alicyclic amines) is 1. The number of piperidine rings is 1. The van der Waals surface area contributed by atoms with Crippen LogP contribution in [0.1, 0.15) is 33.6 Å². The molecule has 0 spiro atoms. The lowest BCUT2D eigenvalue weighted by molar-refractivity contribution is -0.143. The summed E-state index contributed by atoms with van der Waals surface area (Å²) in [4.78, 5) is 13.7. The molecule has 5 nitrogen and oxygen atoms in total. The molecule has 1 N–H and O–H groups in total. The molecular weight excluding hydrogens is 234 g/mol. The third kappa shape index (κ3) is 5.80. The molecule has 0 bridgehead atoms.